The highest BCUT2D eigenvalue weighted by atomic mass is 32.2. The highest BCUT2D eigenvalue weighted by Crippen LogP contribution is 2.43. The summed E-state index contributed by atoms with van der Waals surface area (Å²) >= 11 is 12.6. The van der Waals surface area contributed by atoms with E-state index >= 15 is 0 Å². The molecule has 0 aromatic carbocycles. The van der Waals surface area contributed by atoms with Gasteiger partial charge in [0.25, 0.3) is 0 Å². The highest BCUT2D eigenvalue weighted by Gasteiger charge is 2.11. The standard InChI is InChI=1S/C9H14S5/c1-5(2)11-7-8(12-6(3)4)14-9(10)13-7/h5-6H,1-4H3. The quantitative estimate of drug-likeness (QED) is 0.525. The summed E-state index contributed by atoms with van der Waals surface area (Å²) in [5.74, 6) is 0. The Kier molecular flexibility index (Phi) is 5.49. The van der Waals surface area contributed by atoms with E-state index < -0.39 is 0 Å². The third-order valence-electron chi connectivity index (χ3n) is 1.20. The number of rotatable bonds is 4. The summed E-state index contributed by atoms with van der Waals surface area (Å²) < 4.78 is 3.87. The lowest BCUT2D eigenvalue weighted by Gasteiger charge is -2.06. The van der Waals surface area contributed by atoms with Crippen molar-refractivity contribution in [3.8, 4) is 0 Å². The van der Waals surface area contributed by atoms with Crippen molar-refractivity contribution in [3.63, 3.8) is 0 Å². The van der Waals surface area contributed by atoms with Crippen LogP contribution in [0, 0.1) is 3.14 Å². The van der Waals surface area contributed by atoms with Gasteiger partial charge in [-0.1, -0.05) is 39.9 Å². The maximum atomic E-state index is 5.24. The summed E-state index contributed by atoms with van der Waals surface area (Å²) in [6, 6.07) is 0. The lowest BCUT2D eigenvalue weighted by Crippen LogP contribution is -1.87. The zero-order valence-corrected chi connectivity index (χ0v) is 12.8. The lowest BCUT2D eigenvalue weighted by atomic mass is 10.6. The van der Waals surface area contributed by atoms with Gasteiger partial charge in [0, 0.05) is 10.5 Å². The first-order valence-corrected chi connectivity index (χ1v) is 8.26. The van der Waals surface area contributed by atoms with Gasteiger partial charge >= 0.3 is 0 Å². The second-order valence-electron chi connectivity index (χ2n) is 3.36. The van der Waals surface area contributed by atoms with Gasteiger partial charge in [-0.3, -0.25) is 0 Å². The Bertz CT molecular complexity index is 303. The second kappa shape index (κ2) is 5.89. The fourth-order valence-electron chi connectivity index (χ4n) is 0.828. The maximum Gasteiger partial charge on any atom is 0.145 e. The normalized spacial score (nSPS) is 11.6. The topological polar surface area (TPSA) is 0 Å². The van der Waals surface area contributed by atoms with Crippen LogP contribution in [0.15, 0.2) is 8.42 Å². The number of hydrogen-bond acceptors (Lipinski definition) is 5. The summed E-state index contributed by atoms with van der Waals surface area (Å²) in [5, 5.41) is 1.28. The molecule has 0 saturated carbocycles. The summed E-state index contributed by atoms with van der Waals surface area (Å²) in [6.45, 7) is 8.90. The first kappa shape index (κ1) is 13.0. The minimum absolute atomic E-state index is 0.641. The van der Waals surface area contributed by atoms with Gasteiger partial charge in [0.2, 0.25) is 0 Å². The van der Waals surface area contributed by atoms with Gasteiger partial charge in [-0.2, -0.15) is 0 Å². The Morgan fingerprint density at radius 1 is 0.929 bits per heavy atom. The molecule has 1 rings (SSSR count). The third-order valence-corrected chi connectivity index (χ3v) is 6.69. The van der Waals surface area contributed by atoms with Gasteiger partial charge in [0.05, 0.1) is 8.42 Å². The van der Waals surface area contributed by atoms with Crippen molar-refractivity contribution >= 4 is 58.4 Å². The average Bonchev–Trinajstić information content (AvgIpc) is 2.28. The van der Waals surface area contributed by atoms with E-state index in [1.165, 1.54) is 8.42 Å². The van der Waals surface area contributed by atoms with Gasteiger partial charge in [-0.05, 0) is 0 Å². The van der Waals surface area contributed by atoms with Crippen LogP contribution in [0.5, 0.6) is 0 Å². The summed E-state index contributed by atoms with van der Waals surface area (Å²) in [4.78, 5) is 0. The van der Waals surface area contributed by atoms with Gasteiger partial charge < -0.3 is 0 Å². The van der Waals surface area contributed by atoms with E-state index in [1.54, 1.807) is 22.7 Å². The molecule has 0 unspecified atom stereocenters. The molecule has 0 fully saturated rings. The Morgan fingerprint density at radius 3 is 1.57 bits per heavy atom. The van der Waals surface area contributed by atoms with Gasteiger partial charge in [-0.15, -0.1) is 46.2 Å². The SMILES string of the molecule is CC(C)Sc1sc(=S)sc1SC(C)C. The molecule has 80 valence electrons. The molecule has 1 heterocycles. The molecule has 0 N–H and O–H groups in total. The van der Waals surface area contributed by atoms with Gasteiger partial charge in [0.15, 0.2) is 0 Å². The summed E-state index contributed by atoms with van der Waals surface area (Å²) in [7, 11) is 0. The van der Waals surface area contributed by atoms with Crippen LogP contribution in [0.2, 0.25) is 0 Å². The van der Waals surface area contributed by atoms with E-state index in [1.807, 2.05) is 23.5 Å². The molecule has 0 atom stereocenters. The molecule has 1 aromatic heterocycles. The Hall–Kier alpha value is 0.970. The number of thioether (sulfide) groups is 2. The molecule has 0 radical (unpaired) electrons. The largest absolute Gasteiger partial charge is 0.145 e. The minimum atomic E-state index is 0.641. The Balaban J connectivity index is 2.85. The van der Waals surface area contributed by atoms with Crippen molar-refractivity contribution in [1.29, 1.82) is 0 Å². The molecule has 0 amide bonds. The van der Waals surface area contributed by atoms with Crippen LogP contribution in [-0.4, -0.2) is 10.5 Å². The molecule has 0 saturated heterocycles. The second-order valence-corrected chi connectivity index (χ2v) is 10.3. The predicted octanol–water partition coefficient (Wildman–Crippen LogP) is 5.54. The van der Waals surface area contributed by atoms with Crippen molar-refractivity contribution in [3.05, 3.63) is 3.14 Å². The molecule has 0 aliphatic carbocycles. The van der Waals surface area contributed by atoms with Crippen molar-refractivity contribution < 1.29 is 0 Å². The highest BCUT2D eigenvalue weighted by molar-refractivity contribution is 8.05. The maximum absolute atomic E-state index is 5.24. The van der Waals surface area contributed by atoms with E-state index in [0.717, 1.165) is 3.14 Å². The Labute approximate surface area is 108 Å². The van der Waals surface area contributed by atoms with Crippen LogP contribution < -0.4 is 0 Å². The van der Waals surface area contributed by atoms with Crippen molar-refractivity contribution in [2.45, 2.75) is 46.6 Å². The summed E-state index contributed by atoms with van der Waals surface area (Å²) in [6.07, 6.45) is 0. The number of hydrogen-bond donors (Lipinski definition) is 0. The molecule has 5 heteroatoms. The molecular formula is C9H14S5. The van der Waals surface area contributed by atoms with Gasteiger partial charge in [0.1, 0.15) is 3.14 Å². The van der Waals surface area contributed by atoms with E-state index in [2.05, 4.69) is 27.7 Å². The van der Waals surface area contributed by atoms with Crippen LogP contribution in [0.3, 0.4) is 0 Å². The fraction of sp³-hybridized carbons (Fsp3) is 0.667. The third kappa shape index (κ3) is 4.23. The molecule has 0 bridgehead atoms. The van der Waals surface area contributed by atoms with E-state index in [9.17, 15) is 0 Å². The van der Waals surface area contributed by atoms with Crippen molar-refractivity contribution in [2.75, 3.05) is 0 Å². The molecule has 0 aliphatic heterocycles. The monoisotopic (exact) mass is 282 g/mol. The van der Waals surface area contributed by atoms with Crippen LogP contribution in [0.4, 0.5) is 0 Å². The fourth-order valence-corrected chi connectivity index (χ4v) is 7.26. The zero-order valence-electron chi connectivity index (χ0n) is 8.70. The van der Waals surface area contributed by atoms with Crippen molar-refractivity contribution in [1.82, 2.24) is 0 Å². The zero-order chi connectivity index (χ0) is 10.7. The Morgan fingerprint density at radius 2 is 1.29 bits per heavy atom. The molecule has 0 aliphatic rings. The van der Waals surface area contributed by atoms with Crippen molar-refractivity contribution in [2.24, 2.45) is 0 Å². The smallest absolute Gasteiger partial charge is 0.111 e. The molecule has 14 heavy (non-hydrogen) atoms. The molecule has 1 aromatic rings. The van der Waals surface area contributed by atoms with E-state index in [-0.39, 0.29) is 0 Å². The van der Waals surface area contributed by atoms with Crippen LogP contribution in [0.25, 0.3) is 0 Å². The first-order valence-electron chi connectivity index (χ1n) is 4.46. The minimum Gasteiger partial charge on any atom is -0.111 e. The average molecular weight is 283 g/mol. The summed E-state index contributed by atoms with van der Waals surface area (Å²) in [5.41, 5.74) is 0. The predicted molar refractivity (Wildman–Crippen MR) is 75.0 cm³/mol. The lowest BCUT2D eigenvalue weighted by molar-refractivity contribution is 1.10. The molecular weight excluding hydrogens is 268 g/mol. The van der Waals surface area contributed by atoms with Crippen LogP contribution in [0.1, 0.15) is 27.7 Å². The molecule has 0 nitrogen and oxygen atoms in total. The first-order chi connectivity index (χ1) is 6.49. The van der Waals surface area contributed by atoms with Crippen LogP contribution >= 0.6 is 58.4 Å². The van der Waals surface area contributed by atoms with E-state index in [0.29, 0.717) is 10.5 Å². The van der Waals surface area contributed by atoms with E-state index in [4.69, 9.17) is 12.2 Å². The molecule has 0 spiro atoms. The van der Waals surface area contributed by atoms with Crippen LogP contribution in [-0.2, 0) is 0 Å². The van der Waals surface area contributed by atoms with Gasteiger partial charge in [-0.25, -0.2) is 0 Å².